The highest BCUT2D eigenvalue weighted by Gasteiger charge is 2.19. The molecule has 0 aliphatic heterocycles. The molecule has 0 aromatic rings. The normalized spacial score (nSPS) is 12.4. The Bertz CT molecular complexity index is 1120. The lowest BCUT2D eigenvalue weighted by molar-refractivity contribution is -0.167. The van der Waals surface area contributed by atoms with Crippen LogP contribution in [0.15, 0.2) is 48.6 Å². The molecule has 1 unspecified atom stereocenters. The molecule has 0 aromatic carbocycles. The molecule has 0 aliphatic rings. The number of ether oxygens (including phenoxy) is 3. The first kappa shape index (κ1) is 61.4. The maximum absolute atomic E-state index is 12.8. The van der Waals surface area contributed by atoms with Gasteiger partial charge in [-0.2, -0.15) is 0 Å². The fourth-order valence-electron chi connectivity index (χ4n) is 7.96. The van der Waals surface area contributed by atoms with Crippen molar-refractivity contribution >= 4 is 17.9 Å². The van der Waals surface area contributed by atoms with Gasteiger partial charge in [-0.15, -0.1) is 0 Å². The lowest BCUT2D eigenvalue weighted by Gasteiger charge is -2.18. The molecule has 0 N–H and O–H groups in total. The second-order valence-electron chi connectivity index (χ2n) is 18.5. The largest absolute Gasteiger partial charge is 0.462 e. The van der Waals surface area contributed by atoms with E-state index in [1.807, 2.05) is 0 Å². The fourth-order valence-corrected chi connectivity index (χ4v) is 7.96. The molecule has 0 radical (unpaired) electrons. The number of rotatable bonds is 50. The minimum absolute atomic E-state index is 0.0760. The molecule has 0 aliphatic carbocycles. The van der Waals surface area contributed by atoms with Crippen molar-refractivity contribution in [3.63, 3.8) is 0 Å². The van der Waals surface area contributed by atoms with Crippen LogP contribution in [0.1, 0.15) is 284 Å². The molecule has 0 amide bonds. The highest BCUT2D eigenvalue weighted by Crippen LogP contribution is 2.16. The minimum atomic E-state index is -0.775. The first-order chi connectivity index (χ1) is 31.5. The molecule has 0 spiro atoms. The van der Waals surface area contributed by atoms with Crippen molar-refractivity contribution in [2.75, 3.05) is 13.2 Å². The van der Waals surface area contributed by atoms with Crippen molar-refractivity contribution < 1.29 is 28.6 Å². The summed E-state index contributed by atoms with van der Waals surface area (Å²) in [6, 6.07) is 0. The van der Waals surface area contributed by atoms with Gasteiger partial charge in [0.05, 0.1) is 0 Å². The lowest BCUT2D eigenvalue weighted by Crippen LogP contribution is -2.30. The summed E-state index contributed by atoms with van der Waals surface area (Å²) in [7, 11) is 0. The zero-order chi connectivity index (χ0) is 46.5. The maximum atomic E-state index is 12.8. The van der Waals surface area contributed by atoms with E-state index in [1.54, 1.807) is 0 Å². The minimum Gasteiger partial charge on any atom is -0.462 e. The predicted octanol–water partition coefficient (Wildman–Crippen LogP) is 18.3. The molecule has 1 atom stereocenters. The monoisotopic (exact) mass is 897 g/mol. The van der Waals surface area contributed by atoms with Crippen LogP contribution in [0.5, 0.6) is 0 Å². The van der Waals surface area contributed by atoms with Gasteiger partial charge < -0.3 is 14.2 Å². The Labute approximate surface area is 397 Å². The van der Waals surface area contributed by atoms with Gasteiger partial charge in [-0.1, -0.05) is 256 Å². The van der Waals surface area contributed by atoms with Crippen LogP contribution in [0.4, 0.5) is 0 Å². The first-order valence-corrected chi connectivity index (χ1v) is 27.6. The van der Waals surface area contributed by atoms with Crippen LogP contribution in [-0.2, 0) is 28.6 Å². The van der Waals surface area contributed by atoms with Gasteiger partial charge in [0.15, 0.2) is 6.10 Å². The number of esters is 3. The molecule has 0 aromatic heterocycles. The van der Waals surface area contributed by atoms with Gasteiger partial charge in [0, 0.05) is 19.3 Å². The quantitative estimate of drug-likeness (QED) is 0.0262. The number of hydrogen-bond acceptors (Lipinski definition) is 6. The van der Waals surface area contributed by atoms with Gasteiger partial charge in [0.25, 0.3) is 0 Å². The summed E-state index contributed by atoms with van der Waals surface area (Å²) in [5, 5.41) is 0. The van der Waals surface area contributed by atoms with E-state index in [0.29, 0.717) is 19.3 Å². The third-order valence-corrected chi connectivity index (χ3v) is 12.1. The van der Waals surface area contributed by atoms with Crippen LogP contribution in [0.2, 0.25) is 0 Å². The van der Waals surface area contributed by atoms with Gasteiger partial charge in [0.1, 0.15) is 13.2 Å². The standard InChI is InChI=1S/C58H104O6/c1-4-7-10-13-16-18-20-22-24-26-28-29-31-32-34-36-38-40-42-45-48-51-57(60)63-54-55(53-62-56(59)50-47-44-15-12-9-6-3)64-58(61)52-49-46-43-41-39-37-35-33-30-27-25-23-21-19-17-14-11-8-5-2/h8,11,17,19,23,25,30,33,55H,4-7,9-10,12-16,18,20-22,24,26-29,31-32,34-54H2,1-3H3/b11-8-,19-17-,25-23-,33-30-. The predicted molar refractivity (Wildman–Crippen MR) is 275 cm³/mol. The van der Waals surface area contributed by atoms with E-state index in [-0.39, 0.29) is 31.1 Å². The summed E-state index contributed by atoms with van der Waals surface area (Å²) >= 11 is 0. The van der Waals surface area contributed by atoms with E-state index in [1.165, 1.54) is 148 Å². The van der Waals surface area contributed by atoms with Crippen molar-refractivity contribution in [2.24, 2.45) is 0 Å². The molecule has 0 heterocycles. The van der Waals surface area contributed by atoms with E-state index in [2.05, 4.69) is 69.4 Å². The van der Waals surface area contributed by atoms with Gasteiger partial charge >= 0.3 is 17.9 Å². The Hall–Kier alpha value is -2.63. The van der Waals surface area contributed by atoms with Crippen LogP contribution < -0.4 is 0 Å². The lowest BCUT2D eigenvalue weighted by atomic mass is 10.0. The molecular weight excluding hydrogens is 793 g/mol. The van der Waals surface area contributed by atoms with Crippen LogP contribution in [0.3, 0.4) is 0 Å². The zero-order valence-corrected chi connectivity index (χ0v) is 42.6. The summed E-state index contributed by atoms with van der Waals surface area (Å²) in [4.78, 5) is 37.8. The second kappa shape index (κ2) is 53.0. The summed E-state index contributed by atoms with van der Waals surface area (Å²) in [6.45, 7) is 6.48. The third kappa shape index (κ3) is 50.4. The Morgan fingerprint density at radius 3 is 0.953 bits per heavy atom. The van der Waals surface area contributed by atoms with Crippen LogP contribution in [0, 0.1) is 0 Å². The van der Waals surface area contributed by atoms with E-state index < -0.39 is 6.10 Å². The second-order valence-corrected chi connectivity index (χ2v) is 18.5. The summed E-state index contributed by atoms with van der Waals surface area (Å²) in [6.07, 6.45) is 64.2. The van der Waals surface area contributed by atoms with Crippen molar-refractivity contribution in [3.8, 4) is 0 Å². The van der Waals surface area contributed by atoms with Crippen molar-refractivity contribution in [3.05, 3.63) is 48.6 Å². The number of allylic oxidation sites excluding steroid dienone is 8. The number of carbonyl (C=O) groups is 3. The Kier molecular flexibility index (Phi) is 50.8. The topological polar surface area (TPSA) is 78.9 Å². The van der Waals surface area contributed by atoms with Gasteiger partial charge in [0.2, 0.25) is 0 Å². The smallest absolute Gasteiger partial charge is 0.306 e. The SMILES string of the molecule is CC/C=C\C/C=C\C/C=C\C/C=C\CCCCCCCCC(=O)OC(COC(=O)CCCCCCCC)COC(=O)CCCCCCCCCCCCCCCCCCCCCCC. The van der Waals surface area contributed by atoms with Gasteiger partial charge in [-0.05, 0) is 57.8 Å². The molecule has 0 saturated carbocycles. The van der Waals surface area contributed by atoms with Crippen LogP contribution in [0.25, 0.3) is 0 Å². The van der Waals surface area contributed by atoms with Crippen molar-refractivity contribution in [2.45, 2.75) is 290 Å². The fraction of sp³-hybridized carbons (Fsp3) is 0.810. The van der Waals surface area contributed by atoms with Crippen molar-refractivity contribution in [1.82, 2.24) is 0 Å². The average Bonchev–Trinajstić information content (AvgIpc) is 3.29. The van der Waals surface area contributed by atoms with Gasteiger partial charge in [-0.25, -0.2) is 0 Å². The highest BCUT2D eigenvalue weighted by atomic mass is 16.6. The third-order valence-electron chi connectivity index (χ3n) is 12.1. The summed E-state index contributed by atoms with van der Waals surface area (Å²) in [5.74, 6) is -0.889. The Morgan fingerprint density at radius 1 is 0.328 bits per heavy atom. The van der Waals surface area contributed by atoms with Crippen LogP contribution in [-0.4, -0.2) is 37.2 Å². The summed E-state index contributed by atoms with van der Waals surface area (Å²) < 4.78 is 16.7. The van der Waals surface area contributed by atoms with Crippen molar-refractivity contribution in [1.29, 1.82) is 0 Å². The summed E-state index contributed by atoms with van der Waals surface area (Å²) in [5.41, 5.74) is 0. The molecule has 372 valence electrons. The molecule has 0 saturated heterocycles. The van der Waals surface area contributed by atoms with E-state index in [9.17, 15) is 14.4 Å². The molecule has 0 bridgehead atoms. The Balaban J connectivity index is 4.16. The number of carbonyl (C=O) groups excluding carboxylic acids is 3. The number of hydrogen-bond donors (Lipinski definition) is 0. The van der Waals surface area contributed by atoms with E-state index in [0.717, 1.165) is 96.3 Å². The van der Waals surface area contributed by atoms with E-state index in [4.69, 9.17) is 14.2 Å². The molecule has 6 nitrogen and oxygen atoms in total. The van der Waals surface area contributed by atoms with Gasteiger partial charge in [-0.3, -0.25) is 14.4 Å². The van der Waals surface area contributed by atoms with Crippen LogP contribution >= 0.6 is 0 Å². The molecule has 0 fully saturated rings. The first-order valence-electron chi connectivity index (χ1n) is 27.6. The Morgan fingerprint density at radius 2 is 0.609 bits per heavy atom. The maximum Gasteiger partial charge on any atom is 0.306 e. The average molecular weight is 897 g/mol. The number of unbranched alkanes of at least 4 members (excludes halogenated alkanes) is 31. The molecule has 0 rings (SSSR count). The molecule has 64 heavy (non-hydrogen) atoms. The highest BCUT2D eigenvalue weighted by molar-refractivity contribution is 5.71. The molecule has 6 heteroatoms. The van der Waals surface area contributed by atoms with E-state index >= 15 is 0 Å². The molecular formula is C58H104O6. The zero-order valence-electron chi connectivity index (χ0n) is 42.6.